The Balaban J connectivity index is 2.17. The average molecular weight is 410 g/mol. The molecule has 0 aliphatic carbocycles. The van der Waals surface area contributed by atoms with E-state index in [-0.39, 0.29) is 22.5 Å². The molecule has 7 nitrogen and oxygen atoms in total. The molecule has 2 amide bonds. The van der Waals surface area contributed by atoms with E-state index in [0.717, 1.165) is 22.8 Å². The van der Waals surface area contributed by atoms with Crippen molar-refractivity contribution in [2.45, 2.75) is 19.1 Å². The van der Waals surface area contributed by atoms with Crippen LogP contribution in [-0.2, 0) is 11.8 Å². The smallest absolute Gasteiger partial charge is 0.347 e. The van der Waals surface area contributed by atoms with Gasteiger partial charge in [0.1, 0.15) is 17.9 Å². The highest BCUT2D eigenvalue weighted by Gasteiger charge is 2.38. The summed E-state index contributed by atoms with van der Waals surface area (Å²) in [6.07, 6.45) is -3.52. The van der Waals surface area contributed by atoms with Crippen molar-refractivity contribution in [2.24, 2.45) is 7.05 Å². The van der Waals surface area contributed by atoms with Crippen LogP contribution in [0.3, 0.4) is 0 Å². The first kappa shape index (κ1) is 21.6. The van der Waals surface area contributed by atoms with Gasteiger partial charge in [-0.25, -0.2) is 4.39 Å². The number of amides is 2. The summed E-state index contributed by atoms with van der Waals surface area (Å²) in [4.78, 5) is 36.2. The summed E-state index contributed by atoms with van der Waals surface area (Å²) < 4.78 is 52.0. The number of nitrogens with one attached hydrogen (secondary N) is 2. The molecule has 1 aromatic heterocycles. The van der Waals surface area contributed by atoms with Crippen LogP contribution in [0.25, 0.3) is 0 Å². The molecule has 2 aromatic rings. The third-order valence-corrected chi connectivity index (χ3v) is 3.89. The minimum absolute atomic E-state index is 0.0737. The molecular weight excluding hydrogens is 396 g/mol. The summed E-state index contributed by atoms with van der Waals surface area (Å²) in [5.41, 5.74) is -0.558. The Kier molecular flexibility index (Phi) is 6.06. The highest BCUT2D eigenvalue weighted by molar-refractivity contribution is 6.42. The lowest BCUT2D eigenvalue weighted by Crippen LogP contribution is -2.46. The van der Waals surface area contributed by atoms with Crippen LogP contribution in [-0.4, -0.2) is 34.4 Å². The van der Waals surface area contributed by atoms with E-state index >= 15 is 0 Å². The molecule has 1 heterocycles. The van der Waals surface area contributed by atoms with Crippen LogP contribution in [0.2, 0.25) is 0 Å². The van der Waals surface area contributed by atoms with Crippen molar-refractivity contribution in [2.75, 3.05) is 5.32 Å². The lowest BCUT2D eigenvalue weighted by Gasteiger charge is -2.16. The number of Topliss-reactive ketones (excluding diaryl/α,β-unsaturated/α-hetero) is 1. The molecule has 0 fully saturated rings. The van der Waals surface area contributed by atoms with Gasteiger partial charge in [0.05, 0.1) is 16.8 Å². The zero-order valence-corrected chi connectivity index (χ0v) is 15.1. The van der Waals surface area contributed by atoms with Gasteiger partial charge in [0, 0.05) is 18.9 Å². The Morgan fingerprint density at radius 1 is 1.21 bits per heavy atom. The van der Waals surface area contributed by atoms with E-state index in [0.29, 0.717) is 6.92 Å². The van der Waals surface area contributed by atoms with E-state index in [2.05, 4.69) is 5.32 Å². The Labute approximate surface area is 161 Å². The monoisotopic (exact) mass is 410 g/mol. The van der Waals surface area contributed by atoms with Gasteiger partial charge in [0.15, 0.2) is 0 Å². The van der Waals surface area contributed by atoms with Crippen molar-refractivity contribution in [3.05, 3.63) is 53.1 Å². The Morgan fingerprint density at radius 3 is 2.45 bits per heavy atom. The number of carbonyl (C=O) groups excluding carboxylic acids is 3. The number of anilines is 1. The summed E-state index contributed by atoms with van der Waals surface area (Å²) in [5, 5.41) is 12.7. The maximum atomic E-state index is 13.3. The van der Waals surface area contributed by atoms with E-state index in [1.807, 2.05) is 0 Å². The quantitative estimate of drug-likeness (QED) is 0.449. The largest absolute Gasteiger partial charge is 0.408 e. The Bertz CT molecular complexity index is 1020. The van der Waals surface area contributed by atoms with E-state index in [4.69, 9.17) is 5.26 Å². The number of aryl methyl sites for hydroxylation is 1. The number of hydrogen-bond donors (Lipinski definition) is 2. The molecule has 0 spiro atoms. The third-order valence-electron chi connectivity index (χ3n) is 3.89. The summed E-state index contributed by atoms with van der Waals surface area (Å²) >= 11 is 0. The number of alkyl halides is 3. The van der Waals surface area contributed by atoms with E-state index < -0.39 is 35.6 Å². The van der Waals surface area contributed by atoms with Gasteiger partial charge < -0.3 is 15.2 Å². The SMILES string of the molecule is C[C@@H](NC(=O)C(=O)c1cc(C(=O)Nc2ccc(F)c(C#N)c2)cn1C)C(F)(F)F. The highest BCUT2D eigenvalue weighted by Crippen LogP contribution is 2.20. The van der Waals surface area contributed by atoms with Gasteiger partial charge in [-0.1, -0.05) is 0 Å². The molecule has 0 saturated carbocycles. The zero-order chi connectivity index (χ0) is 21.9. The number of nitriles is 1. The maximum absolute atomic E-state index is 13.3. The van der Waals surface area contributed by atoms with Crippen LogP contribution < -0.4 is 10.6 Å². The van der Waals surface area contributed by atoms with Gasteiger partial charge in [0.2, 0.25) is 0 Å². The number of carbonyl (C=O) groups is 3. The maximum Gasteiger partial charge on any atom is 0.408 e. The number of ketones is 1. The van der Waals surface area contributed by atoms with Gasteiger partial charge in [-0.3, -0.25) is 14.4 Å². The Hall–Kier alpha value is -3.68. The second kappa shape index (κ2) is 8.14. The van der Waals surface area contributed by atoms with Crippen LogP contribution in [0.1, 0.15) is 33.3 Å². The molecule has 29 heavy (non-hydrogen) atoms. The van der Waals surface area contributed by atoms with Gasteiger partial charge in [-0.05, 0) is 31.2 Å². The van der Waals surface area contributed by atoms with Crippen LogP contribution in [0, 0.1) is 17.1 Å². The minimum atomic E-state index is -4.72. The van der Waals surface area contributed by atoms with Crippen LogP contribution >= 0.6 is 0 Å². The summed E-state index contributed by atoms with van der Waals surface area (Å²) in [6, 6.07) is 3.73. The third kappa shape index (κ3) is 4.98. The molecule has 2 rings (SSSR count). The van der Waals surface area contributed by atoms with Gasteiger partial charge in [-0.15, -0.1) is 0 Å². The molecule has 2 N–H and O–H groups in total. The van der Waals surface area contributed by atoms with Crippen molar-refractivity contribution < 1.29 is 31.9 Å². The van der Waals surface area contributed by atoms with Gasteiger partial charge >= 0.3 is 6.18 Å². The second-order valence-corrected chi connectivity index (χ2v) is 6.05. The summed E-state index contributed by atoms with van der Waals surface area (Å²) in [5.74, 6) is -4.23. The van der Waals surface area contributed by atoms with Crippen molar-refractivity contribution in [3.8, 4) is 6.07 Å². The van der Waals surface area contributed by atoms with Crippen LogP contribution in [0.5, 0.6) is 0 Å². The minimum Gasteiger partial charge on any atom is -0.347 e. The lowest BCUT2D eigenvalue weighted by molar-refractivity contribution is -0.156. The van der Waals surface area contributed by atoms with Gasteiger partial charge in [0.25, 0.3) is 17.6 Å². The molecule has 0 radical (unpaired) electrons. The second-order valence-electron chi connectivity index (χ2n) is 6.05. The fourth-order valence-corrected chi connectivity index (χ4v) is 2.27. The van der Waals surface area contributed by atoms with Crippen LogP contribution in [0.4, 0.5) is 23.2 Å². The van der Waals surface area contributed by atoms with Crippen molar-refractivity contribution in [1.29, 1.82) is 5.26 Å². The van der Waals surface area contributed by atoms with Crippen LogP contribution in [0.15, 0.2) is 30.5 Å². The molecule has 0 bridgehead atoms. The molecule has 0 saturated heterocycles. The first-order valence-electron chi connectivity index (χ1n) is 8.03. The standard InChI is InChI=1S/C18H14F4N4O3/c1-9(18(20,21)22)24-17(29)15(27)14-6-11(8-26(14)2)16(28)25-12-3-4-13(19)10(5-12)7-23/h3-6,8-9H,1-2H3,(H,24,29)(H,25,28)/t9-/m1/s1. The summed E-state index contributed by atoms with van der Waals surface area (Å²) in [6.45, 7) is 0.688. The fraction of sp³-hybridized carbons (Fsp3) is 0.222. The number of hydrogen-bond acceptors (Lipinski definition) is 4. The zero-order valence-electron chi connectivity index (χ0n) is 15.1. The first-order valence-corrected chi connectivity index (χ1v) is 8.03. The van der Waals surface area contributed by atoms with E-state index in [9.17, 15) is 31.9 Å². The Morgan fingerprint density at radius 2 is 1.86 bits per heavy atom. The molecule has 0 aliphatic rings. The number of benzene rings is 1. The molecule has 0 aliphatic heterocycles. The highest BCUT2D eigenvalue weighted by atomic mass is 19.4. The number of aromatic nitrogens is 1. The number of halogens is 4. The molecule has 152 valence electrons. The first-order chi connectivity index (χ1) is 13.4. The molecule has 0 unspecified atom stereocenters. The van der Waals surface area contributed by atoms with Gasteiger partial charge in [-0.2, -0.15) is 18.4 Å². The molecule has 11 heteroatoms. The van der Waals surface area contributed by atoms with Crippen molar-refractivity contribution >= 4 is 23.3 Å². The van der Waals surface area contributed by atoms with E-state index in [1.54, 1.807) is 11.4 Å². The van der Waals surface area contributed by atoms with E-state index in [1.165, 1.54) is 19.3 Å². The normalized spacial score (nSPS) is 12.0. The molecule has 1 atom stereocenters. The fourth-order valence-electron chi connectivity index (χ4n) is 2.27. The average Bonchev–Trinajstić information content (AvgIpc) is 3.03. The predicted molar refractivity (Wildman–Crippen MR) is 92.5 cm³/mol. The molecule has 1 aromatic carbocycles. The van der Waals surface area contributed by atoms with Crippen molar-refractivity contribution in [1.82, 2.24) is 9.88 Å². The molecular formula is C18H14F4N4O3. The predicted octanol–water partition coefficient (Wildman–Crippen LogP) is 2.54. The topological polar surface area (TPSA) is 104 Å². The van der Waals surface area contributed by atoms with Crippen molar-refractivity contribution in [3.63, 3.8) is 0 Å². The number of nitrogens with zero attached hydrogens (tertiary/aromatic N) is 2. The number of rotatable bonds is 5. The lowest BCUT2D eigenvalue weighted by atomic mass is 10.2. The summed E-state index contributed by atoms with van der Waals surface area (Å²) in [7, 11) is 1.33.